The van der Waals surface area contributed by atoms with Gasteiger partial charge in [-0.05, 0) is 19.3 Å². The molecule has 1 saturated heterocycles. The third kappa shape index (κ3) is 6.96. The number of alkyl halides is 3. The first-order valence-electron chi connectivity index (χ1n) is 10.5. The van der Waals surface area contributed by atoms with Crippen LogP contribution in [0.5, 0.6) is 5.88 Å². The van der Waals surface area contributed by atoms with Crippen LogP contribution in [0.1, 0.15) is 49.8 Å². The Morgan fingerprint density at radius 2 is 1.81 bits per heavy atom. The maximum atomic E-state index is 12.7. The van der Waals surface area contributed by atoms with E-state index in [1.807, 2.05) is 0 Å². The molecule has 0 unspecified atom stereocenters. The zero-order chi connectivity index (χ0) is 22.4. The van der Waals surface area contributed by atoms with Gasteiger partial charge in [-0.15, -0.1) is 5.06 Å². The van der Waals surface area contributed by atoms with Crippen LogP contribution in [-0.4, -0.2) is 70.3 Å². The van der Waals surface area contributed by atoms with E-state index in [9.17, 15) is 27.9 Å². The van der Waals surface area contributed by atoms with Crippen molar-refractivity contribution in [3.05, 3.63) is 4.88 Å². The maximum absolute atomic E-state index is 12.7. The second-order valence-electron chi connectivity index (χ2n) is 7.82. The van der Waals surface area contributed by atoms with E-state index in [1.165, 1.54) is 29.1 Å². The lowest BCUT2D eigenvalue weighted by molar-refractivity contribution is -0.237. The molecule has 12 heteroatoms. The molecular formula is C19H27F3N4O4S. The molecule has 1 aliphatic heterocycles. The number of aromatic nitrogens is 1. The number of halogens is 3. The lowest BCUT2D eigenvalue weighted by atomic mass is 10.1. The number of hydroxylamine groups is 2. The van der Waals surface area contributed by atoms with Crippen molar-refractivity contribution in [1.82, 2.24) is 14.9 Å². The van der Waals surface area contributed by atoms with E-state index in [0.717, 1.165) is 30.7 Å². The van der Waals surface area contributed by atoms with Crippen molar-refractivity contribution < 1.29 is 32.7 Å². The summed E-state index contributed by atoms with van der Waals surface area (Å²) in [4.78, 5) is 34.1. The molecule has 2 N–H and O–H groups in total. The highest BCUT2D eigenvalue weighted by molar-refractivity contribution is 7.16. The summed E-state index contributed by atoms with van der Waals surface area (Å²) in [6, 6.07) is 0.313. The van der Waals surface area contributed by atoms with E-state index in [4.69, 9.17) is 0 Å². The Labute approximate surface area is 182 Å². The first-order chi connectivity index (χ1) is 14.7. The summed E-state index contributed by atoms with van der Waals surface area (Å²) in [7, 11) is 0. The molecule has 31 heavy (non-hydrogen) atoms. The topological polar surface area (TPSA) is 95.0 Å². The van der Waals surface area contributed by atoms with Gasteiger partial charge in [-0.25, -0.2) is 4.79 Å². The van der Waals surface area contributed by atoms with Crippen molar-refractivity contribution in [2.45, 2.75) is 63.6 Å². The molecule has 8 nitrogen and oxygen atoms in total. The average Bonchev–Trinajstić information content (AvgIpc) is 2.92. The Bertz CT molecular complexity index is 766. The second-order valence-corrected chi connectivity index (χ2v) is 8.90. The van der Waals surface area contributed by atoms with Crippen molar-refractivity contribution in [3.63, 3.8) is 0 Å². The molecule has 174 valence electrons. The van der Waals surface area contributed by atoms with Crippen LogP contribution in [0.3, 0.4) is 0 Å². The Balaban J connectivity index is 1.52. The van der Waals surface area contributed by atoms with Gasteiger partial charge in [0.2, 0.25) is 11.8 Å². The highest BCUT2D eigenvalue weighted by atomic mass is 32.1. The van der Waals surface area contributed by atoms with E-state index < -0.39 is 12.1 Å². The number of nitrogens with zero attached hydrogens (tertiary/aromatic N) is 3. The van der Waals surface area contributed by atoms with Crippen LogP contribution >= 0.6 is 11.3 Å². The lowest BCUT2D eigenvalue weighted by Gasteiger charge is -2.21. The fourth-order valence-corrected chi connectivity index (χ4v) is 4.70. The molecule has 2 aliphatic rings. The first-order valence-corrected chi connectivity index (χ1v) is 11.3. The van der Waals surface area contributed by atoms with Gasteiger partial charge in [0, 0.05) is 25.7 Å². The standard InChI is InChI=1S/C19H27F3N4O4S/c20-19(21,22)17(29)30-26-9-5-8-25(10-11-26)15(27)12-14-16(28)24-18(31-14)23-13-6-3-1-2-4-7-13/h13,28H,1-12H2,(H,23,24). The Morgan fingerprint density at radius 1 is 1.10 bits per heavy atom. The quantitative estimate of drug-likeness (QED) is 0.647. The lowest BCUT2D eigenvalue weighted by Crippen LogP contribution is -2.38. The van der Waals surface area contributed by atoms with Gasteiger partial charge in [0.15, 0.2) is 5.13 Å². The smallest absolute Gasteiger partial charge is 0.492 e. The summed E-state index contributed by atoms with van der Waals surface area (Å²) in [5.41, 5.74) is 0. The average molecular weight is 465 g/mol. The van der Waals surface area contributed by atoms with Crippen molar-refractivity contribution in [2.24, 2.45) is 0 Å². The third-order valence-electron chi connectivity index (χ3n) is 5.42. The van der Waals surface area contributed by atoms with E-state index in [2.05, 4.69) is 15.1 Å². The highest BCUT2D eigenvalue weighted by Crippen LogP contribution is 2.31. The molecule has 1 aromatic heterocycles. The summed E-state index contributed by atoms with van der Waals surface area (Å²) in [6.45, 7) is 0.534. The van der Waals surface area contributed by atoms with E-state index in [0.29, 0.717) is 29.0 Å². The molecule has 2 fully saturated rings. The van der Waals surface area contributed by atoms with Gasteiger partial charge in [-0.1, -0.05) is 37.0 Å². The molecule has 0 atom stereocenters. The minimum absolute atomic E-state index is 0.0171. The third-order valence-corrected chi connectivity index (χ3v) is 6.40. The number of carbonyl (C=O) groups excluding carboxylic acids is 2. The Morgan fingerprint density at radius 3 is 2.48 bits per heavy atom. The Kier molecular flexibility index (Phi) is 7.98. The number of carbonyl (C=O) groups is 2. The van der Waals surface area contributed by atoms with E-state index in [-0.39, 0.29) is 37.8 Å². The van der Waals surface area contributed by atoms with Crippen LogP contribution < -0.4 is 5.32 Å². The number of rotatable bonds is 5. The SMILES string of the molecule is O=C(Cc1sc(NC2CCCCCC2)nc1O)N1CCCN(OC(=O)C(F)(F)F)CC1. The number of nitrogens with one attached hydrogen (secondary N) is 1. The van der Waals surface area contributed by atoms with E-state index >= 15 is 0 Å². The highest BCUT2D eigenvalue weighted by Gasteiger charge is 2.42. The van der Waals surface area contributed by atoms with Crippen LogP contribution in [0.2, 0.25) is 0 Å². The van der Waals surface area contributed by atoms with Gasteiger partial charge >= 0.3 is 12.1 Å². The molecule has 1 saturated carbocycles. The fourth-order valence-electron chi connectivity index (χ4n) is 3.77. The molecular weight excluding hydrogens is 437 g/mol. The van der Waals surface area contributed by atoms with Crippen LogP contribution in [0.15, 0.2) is 0 Å². The number of hydrogen-bond acceptors (Lipinski definition) is 8. The van der Waals surface area contributed by atoms with Gasteiger partial charge in [-0.3, -0.25) is 4.79 Å². The minimum atomic E-state index is -5.06. The molecule has 0 bridgehead atoms. The van der Waals surface area contributed by atoms with Crippen LogP contribution in [0.25, 0.3) is 0 Å². The molecule has 1 aliphatic carbocycles. The number of anilines is 1. The predicted octanol–water partition coefficient (Wildman–Crippen LogP) is 3.08. The van der Waals surface area contributed by atoms with Gasteiger partial charge in [0.05, 0.1) is 17.8 Å². The molecule has 0 spiro atoms. The van der Waals surface area contributed by atoms with Crippen molar-refractivity contribution in [1.29, 1.82) is 0 Å². The zero-order valence-electron chi connectivity index (χ0n) is 17.1. The zero-order valence-corrected chi connectivity index (χ0v) is 17.9. The second kappa shape index (κ2) is 10.5. The number of hydrogen-bond donors (Lipinski definition) is 2. The number of aromatic hydroxyl groups is 1. The Hall–Kier alpha value is -2.08. The molecule has 1 amide bonds. The van der Waals surface area contributed by atoms with Crippen LogP contribution in [0.4, 0.5) is 18.3 Å². The summed E-state index contributed by atoms with van der Waals surface area (Å²) >= 11 is 1.24. The summed E-state index contributed by atoms with van der Waals surface area (Å²) in [6.07, 6.45) is 2.13. The predicted molar refractivity (Wildman–Crippen MR) is 108 cm³/mol. The maximum Gasteiger partial charge on any atom is 0.492 e. The summed E-state index contributed by atoms with van der Waals surface area (Å²) in [5, 5.41) is 15.0. The molecule has 3 rings (SSSR count). The van der Waals surface area contributed by atoms with Gasteiger partial charge in [-0.2, -0.15) is 18.2 Å². The van der Waals surface area contributed by atoms with Crippen LogP contribution in [-0.2, 0) is 20.8 Å². The van der Waals surface area contributed by atoms with Crippen molar-refractivity contribution in [3.8, 4) is 5.88 Å². The molecule has 0 aromatic carbocycles. The summed E-state index contributed by atoms with van der Waals surface area (Å²) < 4.78 is 37.1. The van der Waals surface area contributed by atoms with Gasteiger partial charge in [0.25, 0.3) is 0 Å². The molecule has 1 aromatic rings. The van der Waals surface area contributed by atoms with Gasteiger partial charge < -0.3 is 20.2 Å². The molecule has 2 heterocycles. The largest absolute Gasteiger partial charge is 0.492 e. The van der Waals surface area contributed by atoms with Crippen LogP contribution in [0, 0.1) is 0 Å². The minimum Gasteiger partial charge on any atom is -0.492 e. The van der Waals surface area contributed by atoms with Gasteiger partial charge in [0.1, 0.15) is 0 Å². The monoisotopic (exact) mass is 464 g/mol. The van der Waals surface area contributed by atoms with Crippen molar-refractivity contribution >= 4 is 28.3 Å². The number of thiazole rings is 1. The first kappa shape index (κ1) is 23.6. The fraction of sp³-hybridized carbons (Fsp3) is 0.737. The normalized spacial score (nSPS) is 19.5. The summed E-state index contributed by atoms with van der Waals surface area (Å²) in [5.74, 6) is -2.70. The van der Waals surface area contributed by atoms with Crippen molar-refractivity contribution in [2.75, 3.05) is 31.5 Å². The number of amides is 1. The molecule has 0 radical (unpaired) electrons. The van der Waals surface area contributed by atoms with E-state index in [1.54, 1.807) is 0 Å².